The predicted molar refractivity (Wildman–Crippen MR) is 102 cm³/mol. The first-order valence-electron chi connectivity index (χ1n) is 9.83. The maximum Gasteiger partial charge on any atom is 0.237 e. The van der Waals surface area contributed by atoms with Crippen LogP contribution in [0.4, 0.5) is 0 Å². The lowest BCUT2D eigenvalue weighted by molar-refractivity contribution is -0.139. The minimum absolute atomic E-state index is 0.236. The summed E-state index contributed by atoms with van der Waals surface area (Å²) >= 11 is 0. The molecule has 2 saturated heterocycles. The van der Waals surface area contributed by atoms with Gasteiger partial charge in [0.2, 0.25) is 5.91 Å². The first kappa shape index (κ1) is 19.2. The number of hydrogen-bond donors (Lipinski definition) is 1. The summed E-state index contributed by atoms with van der Waals surface area (Å²) in [5.74, 6) is 1.03. The molecule has 26 heavy (non-hydrogen) atoms. The topological polar surface area (TPSA) is 53.0 Å². The minimum Gasteiger partial charge on any atom is -0.497 e. The Morgan fingerprint density at radius 3 is 2.27 bits per heavy atom. The van der Waals surface area contributed by atoms with Gasteiger partial charge in [0.15, 0.2) is 0 Å². The highest BCUT2D eigenvalue weighted by Gasteiger charge is 2.36. The Labute approximate surface area is 156 Å². The number of amides is 1. The lowest BCUT2D eigenvalue weighted by atomic mass is 9.84. The lowest BCUT2D eigenvalue weighted by Crippen LogP contribution is -2.52. The lowest BCUT2D eigenvalue weighted by Gasteiger charge is -2.42. The fourth-order valence-corrected chi connectivity index (χ4v) is 4.46. The number of likely N-dealkylation sites (tertiary alicyclic amines) is 2. The molecular formula is C21H32N2O3. The van der Waals surface area contributed by atoms with Gasteiger partial charge >= 0.3 is 0 Å². The van der Waals surface area contributed by atoms with Crippen molar-refractivity contribution < 1.29 is 14.6 Å². The van der Waals surface area contributed by atoms with E-state index in [9.17, 15) is 9.90 Å². The number of benzene rings is 1. The van der Waals surface area contributed by atoms with E-state index in [2.05, 4.69) is 23.6 Å². The van der Waals surface area contributed by atoms with Crippen LogP contribution in [0.2, 0.25) is 0 Å². The van der Waals surface area contributed by atoms with Crippen LogP contribution in [-0.4, -0.2) is 59.6 Å². The van der Waals surface area contributed by atoms with Crippen LogP contribution in [0.25, 0.3) is 0 Å². The monoisotopic (exact) mass is 360 g/mol. The van der Waals surface area contributed by atoms with Crippen LogP contribution in [0.5, 0.6) is 5.75 Å². The molecule has 0 bridgehead atoms. The molecule has 2 heterocycles. The second-order valence-corrected chi connectivity index (χ2v) is 7.97. The van der Waals surface area contributed by atoms with Crippen molar-refractivity contribution in [3.63, 3.8) is 0 Å². The van der Waals surface area contributed by atoms with Crippen LogP contribution in [0, 0.1) is 0 Å². The average molecular weight is 360 g/mol. The zero-order valence-corrected chi connectivity index (χ0v) is 16.3. The Hall–Kier alpha value is -1.59. The van der Waals surface area contributed by atoms with Gasteiger partial charge in [-0.2, -0.15) is 0 Å². The van der Waals surface area contributed by atoms with Crippen LogP contribution in [0.15, 0.2) is 24.3 Å². The number of nitrogens with zero attached hydrogens (tertiary/aromatic N) is 2. The molecule has 0 spiro atoms. The van der Waals surface area contributed by atoms with Crippen molar-refractivity contribution >= 4 is 5.91 Å². The number of carbonyl (C=O) groups is 1. The molecule has 2 atom stereocenters. The molecule has 1 N–H and O–H groups in total. The molecule has 2 aliphatic heterocycles. The van der Waals surface area contributed by atoms with Gasteiger partial charge in [-0.25, -0.2) is 0 Å². The Bertz CT molecular complexity index is 598. The van der Waals surface area contributed by atoms with E-state index >= 15 is 0 Å². The van der Waals surface area contributed by atoms with Crippen molar-refractivity contribution in [2.24, 2.45) is 0 Å². The van der Waals surface area contributed by atoms with E-state index in [0.29, 0.717) is 31.5 Å². The van der Waals surface area contributed by atoms with Crippen LogP contribution in [-0.2, 0) is 10.4 Å². The number of aliphatic hydroxyl groups is 1. The highest BCUT2D eigenvalue weighted by molar-refractivity contribution is 5.79. The van der Waals surface area contributed by atoms with E-state index < -0.39 is 5.60 Å². The molecule has 144 valence electrons. The number of rotatable bonds is 4. The molecule has 0 aromatic heterocycles. The van der Waals surface area contributed by atoms with Crippen LogP contribution < -0.4 is 4.74 Å². The van der Waals surface area contributed by atoms with E-state index in [4.69, 9.17) is 4.74 Å². The van der Waals surface area contributed by atoms with E-state index in [1.165, 1.54) is 6.42 Å². The van der Waals surface area contributed by atoms with E-state index in [1.807, 2.05) is 24.3 Å². The van der Waals surface area contributed by atoms with Gasteiger partial charge in [-0.1, -0.05) is 12.1 Å². The van der Waals surface area contributed by atoms with E-state index in [1.54, 1.807) is 7.11 Å². The summed E-state index contributed by atoms with van der Waals surface area (Å²) < 4.78 is 5.19. The maximum absolute atomic E-state index is 12.8. The molecule has 5 nitrogen and oxygen atoms in total. The molecule has 5 heteroatoms. The third kappa shape index (κ3) is 4.04. The normalized spacial score (nSPS) is 26.5. The SMILES string of the molecule is COc1ccc(C2(O)CCN(CC(=O)N3C(C)CCCC3C)CC2)cc1. The van der Waals surface area contributed by atoms with Gasteiger partial charge in [-0.15, -0.1) is 0 Å². The Morgan fingerprint density at radius 1 is 1.15 bits per heavy atom. The van der Waals surface area contributed by atoms with Gasteiger partial charge in [0.1, 0.15) is 5.75 Å². The third-order valence-electron chi connectivity index (χ3n) is 6.15. The molecule has 1 amide bonds. The zero-order valence-electron chi connectivity index (χ0n) is 16.3. The molecule has 2 aliphatic rings. The van der Waals surface area contributed by atoms with Gasteiger partial charge in [0.25, 0.3) is 0 Å². The predicted octanol–water partition coefficient (Wildman–Crippen LogP) is 2.77. The number of methoxy groups -OCH3 is 1. The third-order valence-corrected chi connectivity index (χ3v) is 6.15. The molecule has 0 radical (unpaired) electrons. The molecule has 2 unspecified atom stereocenters. The zero-order chi connectivity index (χ0) is 18.7. The summed E-state index contributed by atoms with van der Waals surface area (Å²) in [7, 11) is 1.64. The molecule has 1 aromatic rings. The quantitative estimate of drug-likeness (QED) is 0.897. The van der Waals surface area contributed by atoms with Gasteiger partial charge < -0.3 is 14.7 Å². The van der Waals surface area contributed by atoms with Crippen LogP contribution in [0.3, 0.4) is 0 Å². The number of piperidine rings is 2. The Kier molecular flexibility index (Phi) is 5.88. The fraction of sp³-hybridized carbons (Fsp3) is 0.667. The van der Waals surface area contributed by atoms with E-state index in [0.717, 1.165) is 37.2 Å². The maximum atomic E-state index is 12.8. The van der Waals surface area contributed by atoms with Crippen molar-refractivity contribution in [2.45, 2.75) is 63.6 Å². The average Bonchev–Trinajstić information content (AvgIpc) is 2.64. The number of carbonyl (C=O) groups excluding carboxylic acids is 1. The van der Waals surface area contributed by atoms with Crippen molar-refractivity contribution in [3.8, 4) is 5.75 Å². The first-order valence-corrected chi connectivity index (χ1v) is 9.83. The van der Waals surface area contributed by atoms with Crippen molar-refractivity contribution in [3.05, 3.63) is 29.8 Å². The first-order chi connectivity index (χ1) is 12.4. The van der Waals surface area contributed by atoms with E-state index in [-0.39, 0.29) is 5.91 Å². The molecule has 2 fully saturated rings. The van der Waals surface area contributed by atoms with Crippen LogP contribution >= 0.6 is 0 Å². The summed E-state index contributed by atoms with van der Waals surface area (Å²) in [5.41, 5.74) is 0.125. The molecule has 0 saturated carbocycles. The van der Waals surface area contributed by atoms with Crippen LogP contribution in [0.1, 0.15) is 51.5 Å². The standard InChI is InChI=1S/C21H32N2O3/c1-16-5-4-6-17(2)23(16)20(24)15-22-13-11-21(25,12-14-22)18-7-9-19(26-3)10-8-18/h7-10,16-17,25H,4-6,11-15H2,1-3H3. The second-order valence-electron chi connectivity index (χ2n) is 7.97. The Balaban J connectivity index is 1.56. The minimum atomic E-state index is -0.808. The molecular weight excluding hydrogens is 328 g/mol. The highest BCUT2D eigenvalue weighted by Crippen LogP contribution is 2.34. The van der Waals surface area contributed by atoms with Crippen molar-refractivity contribution in [1.29, 1.82) is 0 Å². The highest BCUT2D eigenvalue weighted by atomic mass is 16.5. The molecule has 3 rings (SSSR count). The molecule has 0 aliphatic carbocycles. The summed E-state index contributed by atoms with van der Waals surface area (Å²) in [6.07, 6.45) is 4.72. The largest absolute Gasteiger partial charge is 0.497 e. The smallest absolute Gasteiger partial charge is 0.237 e. The Morgan fingerprint density at radius 2 is 1.73 bits per heavy atom. The van der Waals surface area contributed by atoms with Gasteiger partial charge in [0, 0.05) is 25.2 Å². The summed E-state index contributed by atoms with van der Waals surface area (Å²) in [5, 5.41) is 11.0. The van der Waals surface area contributed by atoms with Gasteiger partial charge in [-0.3, -0.25) is 9.69 Å². The van der Waals surface area contributed by atoms with Crippen molar-refractivity contribution in [2.75, 3.05) is 26.7 Å². The van der Waals surface area contributed by atoms with Gasteiger partial charge in [-0.05, 0) is 63.6 Å². The van der Waals surface area contributed by atoms with Crippen molar-refractivity contribution in [1.82, 2.24) is 9.80 Å². The number of hydrogen-bond acceptors (Lipinski definition) is 4. The second kappa shape index (κ2) is 7.97. The summed E-state index contributed by atoms with van der Waals surface area (Å²) in [6, 6.07) is 8.34. The summed E-state index contributed by atoms with van der Waals surface area (Å²) in [6.45, 7) is 6.27. The molecule has 1 aromatic carbocycles. The fourth-order valence-electron chi connectivity index (χ4n) is 4.46. The number of ether oxygens (including phenoxy) is 1. The van der Waals surface area contributed by atoms with Gasteiger partial charge in [0.05, 0.1) is 19.3 Å². The summed E-state index contributed by atoms with van der Waals surface area (Å²) in [4.78, 5) is 17.1.